The predicted octanol–water partition coefficient (Wildman–Crippen LogP) is 2.92. The number of alkyl carbamates (subject to hydrolysis) is 1. The van der Waals surface area contributed by atoms with Crippen molar-refractivity contribution in [1.29, 1.82) is 0 Å². The van der Waals surface area contributed by atoms with Gasteiger partial charge in [-0.05, 0) is 41.5 Å². The Labute approximate surface area is 203 Å². The number of ether oxygens (including phenoxy) is 2. The summed E-state index contributed by atoms with van der Waals surface area (Å²) in [4.78, 5) is 50.7. The van der Waals surface area contributed by atoms with E-state index in [-0.39, 0.29) is 19.1 Å². The second-order valence-corrected chi connectivity index (χ2v) is 8.69. The standard InChI is InChI=1S/C26H28N2O7/c1-34-25(32)22-12-6-7-13-28(22)24(31)21(14-23(29)30)27-26(33)35-15-20-18-10-4-2-8-16(18)17-9-3-5-11-19(17)20/h2-5,8-11,20-22H,6-7,12-15H2,1H3,(H,27,33)(H,29,30)/t21?,22-/m1/s1. The number of methoxy groups -OCH3 is 1. The summed E-state index contributed by atoms with van der Waals surface area (Å²) in [5.41, 5.74) is 4.23. The van der Waals surface area contributed by atoms with Crippen LogP contribution in [0.25, 0.3) is 11.1 Å². The number of nitrogens with one attached hydrogen (secondary N) is 1. The van der Waals surface area contributed by atoms with Gasteiger partial charge >= 0.3 is 18.0 Å². The van der Waals surface area contributed by atoms with E-state index >= 15 is 0 Å². The number of likely N-dealkylation sites (tertiary alicyclic amines) is 1. The van der Waals surface area contributed by atoms with E-state index < -0.39 is 42.4 Å². The molecule has 0 radical (unpaired) electrons. The molecular formula is C26H28N2O7. The van der Waals surface area contributed by atoms with Gasteiger partial charge in [0.25, 0.3) is 0 Å². The molecule has 2 aromatic carbocycles. The van der Waals surface area contributed by atoms with Crippen molar-refractivity contribution in [1.82, 2.24) is 10.2 Å². The molecule has 1 saturated heterocycles. The highest BCUT2D eigenvalue weighted by molar-refractivity contribution is 5.92. The number of hydrogen-bond donors (Lipinski definition) is 2. The summed E-state index contributed by atoms with van der Waals surface area (Å²) in [5.74, 6) is -2.63. The number of amides is 2. The molecule has 2 N–H and O–H groups in total. The molecule has 1 aliphatic carbocycles. The quantitative estimate of drug-likeness (QED) is 0.584. The van der Waals surface area contributed by atoms with Gasteiger partial charge in [-0.15, -0.1) is 0 Å². The third kappa shape index (κ3) is 5.13. The zero-order chi connectivity index (χ0) is 24.9. The fourth-order valence-corrected chi connectivity index (χ4v) is 4.93. The minimum atomic E-state index is -1.37. The summed E-state index contributed by atoms with van der Waals surface area (Å²) in [6.07, 6.45) is 0.311. The summed E-state index contributed by atoms with van der Waals surface area (Å²) in [6.45, 7) is 0.309. The summed E-state index contributed by atoms with van der Waals surface area (Å²) in [7, 11) is 1.24. The molecule has 9 heteroatoms. The Balaban J connectivity index is 1.45. The highest BCUT2D eigenvalue weighted by Gasteiger charge is 2.38. The average Bonchev–Trinajstić information content (AvgIpc) is 3.19. The Morgan fingerprint density at radius 2 is 1.66 bits per heavy atom. The highest BCUT2D eigenvalue weighted by atomic mass is 16.5. The Morgan fingerprint density at radius 1 is 1.03 bits per heavy atom. The van der Waals surface area contributed by atoms with Crippen LogP contribution in [0.5, 0.6) is 0 Å². The summed E-state index contributed by atoms with van der Waals surface area (Å²) >= 11 is 0. The number of piperidine rings is 1. The molecule has 184 valence electrons. The molecule has 2 amide bonds. The minimum absolute atomic E-state index is 0.0301. The number of carboxylic acid groups (broad SMARTS) is 1. The number of carbonyl (C=O) groups excluding carboxylic acids is 3. The Kier molecular flexibility index (Phi) is 7.33. The van der Waals surface area contributed by atoms with Crippen molar-refractivity contribution in [3.8, 4) is 11.1 Å². The van der Waals surface area contributed by atoms with Gasteiger partial charge in [0.1, 0.15) is 18.7 Å². The predicted molar refractivity (Wildman–Crippen MR) is 126 cm³/mol. The first-order valence-electron chi connectivity index (χ1n) is 11.6. The number of nitrogens with zero attached hydrogens (tertiary/aromatic N) is 1. The van der Waals surface area contributed by atoms with Crippen LogP contribution >= 0.6 is 0 Å². The highest BCUT2D eigenvalue weighted by Crippen LogP contribution is 2.44. The molecule has 2 atom stereocenters. The fraction of sp³-hybridized carbons (Fsp3) is 0.385. The molecule has 1 fully saturated rings. The first-order chi connectivity index (χ1) is 16.9. The lowest BCUT2D eigenvalue weighted by Gasteiger charge is -2.35. The van der Waals surface area contributed by atoms with Crippen molar-refractivity contribution < 1.29 is 33.8 Å². The first kappa shape index (κ1) is 24.3. The molecule has 1 aliphatic heterocycles. The normalized spacial score (nSPS) is 17.6. The van der Waals surface area contributed by atoms with Crippen LogP contribution in [0.1, 0.15) is 42.7 Å². The van der Waals surface area contributed by atoms with Crippen molar-refractivity contribution in [2.45, 2.75) is 43.7 Å². The van der Waals surface area contributed by atoms with Crippen LogP contribution < -0.4 is 5.32 Å². The SMILES string of the molecule is COC(=O)[C@H]1CCCCN1C(=O)C(CC(=O)O)NC(=O)OCC1c2ccccc2-c2ccccc21. The number of carbonyl (C=O) groups is 4. The first-order valence-corrected chi connectivity index (χ1v) is 11.6. The molecule has 0 spiro atoms. The summed E-state index contributed by atoms with van der Waals surface area (Å²) in [5, 5.41) is 11.7. The molecule has 2 aromatic rings. The number of fused-ring (bicyclic) bond motifs is 3. The van der Waals surface area contributed by atoms with E-state index in [9.17, 15) is 24.3 Å². The van der Waals surface area contributed by atoms with E-state index in [1.807, 2.05) is 48.5 Å². The van der Waals surface area contributed by atoms with Gasteiger partial charge in [0.2, 0.25) is 5.91 Å². The molecule has 1 heterocycles. The van der Waals surface area contributed by atoms with Gasteiger partial charge in [0.05, 0.1) is 13.5 Å². The van der Waals surface area contributed by atoms with Crippen molar-refractivity contribution in [3.63, 3.8) is 0 Å². The van der Waals surface area contributed by atoms with Crippen LogP contribution in [0.3, 0.4) is 0 Å². The number of aliphatic carboxylic acids is 1. The second-order valence-electron chi connectivity index (χ2n) is 8.69. The van der Waals surface area contributed by atoms with Crippen LogP contribution in [-0.4, -0.2) is 66.3 Å². The number of esters is 1. The lowest BCUT2D eigenvalue weighted by molar-refractivity contribution is -0.156. The number of rotatable bonds is 7. The van der Waals surface area contributed by atoms with Crippen LogP contribution in [0.15, 0.2) is 48.5 Å². The van der Waals surface area contributed by atoms with Crippen LogP contribution in [0.2, 0.25) is 0 Å². The molecule has 1 unspecified atom stereocenters. The monoisotopic (exact) mass is 480 g/mol. The average molecular weight is 481 g/mol. The Hall–Kier alpha value is -3.88. The maximum absolute atomic E-state index is 13.2. The fourth-order valence-electron chi connectivity index (χ4n) is 4.93. The molecule has 2 aliphatic rings. The van der Waals surface area contributed by atoms with Gasteiger partial charge < -0.3 is 24.8 Å². The van der Waals surface area contributed by atoms with Gasteiger partial charge in [0, 0.05) is 12.5 Å². The number of hydrogen-bond acceptors (Lipinski definition) is 6. The van der Waals surface area contributed by atoms with Crippen molar-refractivity contribution in [3.05, 3.63) is 59.7 Å². The smallest absolute Gasteiger partial charge is 0.407 e. The van der Waals surface area contributed by atoms with E-state index in [4.69, 9.17) is 9.47 Å². The van der Waals surface area contributed by atoms with Gasteiger partial charge in [-0.3, -0.25) is 9.59 Å². The second kappa shape index (κ2) is 10.6. The molecular weight excluding hydrogens is 452 g/mol. The van der Waals surface area contributed by atoms with E-state index in [2.05, 4.69) is 5.32 Å². The van der Waals surface area contributed by atoms with Gasteiger partial charge in [-0.25, -0.2) is 9.59 Å². The molecule has 9 nitrogen and oxygen atoms in total. The molecule has 0 bridgehead atoms. The number of carboxylic acids is 1. The zero-order valence-corrected chi connectivity index (χ0v) is 19.4. The molecule has 35 heavy (non-hydrogen) atoms. The van der Waals surface area contributed by atoms with Crippen LogP contribution in [0, 0.1) is 0 Å². The van der Waals surface area contributed by atoms with Gasteiger partial charge in [-0.2, -0.15) is 0 Å². The van der Waals surface area contributed by atoms with E-state index in [1.54, 1.807) is 0 Å². The third-order valence-electron chi connectivity index (χ3n) is 6.57. The minimum Gasteiger partial charge on any atom is -0.481 e. The lowest BCUT2D eigenvalue weighted by Crippen LogP contribution is -2.56. The Bertz CT molecular complexity index is 1090. The van der Waals surface area contributed by atoms with Crippen molar-refractivity contribution in [2.24, 2.45) is 0 Å². The lowest BCUT2D eigenvalue weighted by atomic mass is 9.98. The largest absolute Gasteiger partial charge is 0.481 e. The zero-order valence-electron chi connectivity index (χ0n) is 19.4. The maximum Gasteiger partial charge on any atom is 0.407 e. The van der Waals surface area contributed by atoms with Crippen LogP contribution in [-0.2, 0) is 23.9 Å². The van der Waals surface area contributed by atoms with Gasteiger partial charge in [0.15, 0.2) is 0 Å². The van der Waals surface area contributed by atoms with Crippen molar-refractivity contribution >= 4 is 23.9 Å². The molecule has 4 rings (SSSR count). The van der Waals surface area contributed by atoms with E-state index in [0.717, 1.165) is 28.7 Å². The summed E-state index contributed by atoms with van der Waals surface area (Å²) in [6, 6.07) is 13.6. The summed E-state index contributed by atoms with van der Waals surface area (Å²) < 4.78 is 10.3. The third-order valence-corrected chi connectivity index (χ3v) is 6.57. The Morgan fingerprint density at radius 3 is 2.26 bits per heavy atom. The maximum atomic E-state index is 13.2. The van der Waals surface area contributed by atoms with Crippen molar-refractivity contribution in [2.75, 3.05) is 20.3 Å². The van der Waals surface area contributed by atoms with E-state index in [0.29, 0.717) is 12.8 Å². The van der Waals surface area contributed by atoms with Crippen LogP contribution in [0.4, 0.5) is 4.79 Å². The topological polar surface area (TPSA) is 122 Å². The molecule has 0 aromatic heterocycles. The number of benzene rings is 2. The molecule has 0 saturated carbocycles. The van der Waals surface area contributed by atoms with E-state index in [1.165, 1.54) is 12.0 Å². The van der Waals surface area contributed by atoms with Gasteiger partial charge in [-0.1, -0.05) is 48.5 Å².